The van der Waals surface area contributed by atoms with E-state index in [1.54, 1.807) is 0 Å². The molecule has 0 heterocycles. The van der Waals surface area contributed by atoms with Crippen molar-refractivity contribution in [1.29, 1.82) is 5.26 Å². The van der Waals surface area contributed by atoms with Crippen molar-refractivity contribution in [3.05, 3.63) is 35.4 Å². The summed E-state index contributed by atoms with van der Waals surface area (Å²) in [7, 11) is 0. The highest BCUT2D eigenvalue weighted by molar-refractivity contribution is 5.18. The number of hydrogen-bond donors (Lipinski definition) is 0. The molecule has 0 spiro atoms. The molecule has 1 rings (SSSR count). The third-order valence-electron chi connectivity index (χ3n) is 2.40. The van der Waals surface area contributed by atoms with Gasteiger partial charge in [-0.25, -0.2) is 8.78 Å². The van der Waals surface area contributed by atoms with E-state index in [1.165, 1.54) is 12.1 Å². The summed E-state index contributed by atoms with van der Waals surface area (Å²) in [5, 5.41) is 8.47. The second-order valence-corrected chi connectivity index (χ2v) is 3.51. The average molecular weight is 224 g/mol. The van der Waals surface area contributed by atoms with Crippen molar-refractivity contribution in [2.75, 3.05) is 13.1 Å². The highest BCUT2D eigenvalue weighted by Crippen LogP contribution is 2.12. The molecule has 0 bridgehead atoms. The maximum absolute atomic E-state index is 13.3. The summed E-state index contributed by atoms with van der Waals surface area (Å²) in [4.78, 5) is 1.94. The van der Waals surface area contributed by atoms with Gasteiger partial charge >= 0.3 is 0 Å². The fourth-order valence-electron chi connectivity index (χ4n) is 1.45. The molecule has 1 aromatic carbocycles. The van der Waals surface area contributed by atoms with Crippen LogP contribution in [-0.4, -0.2) is 18.0 Å². The van der Waals surface area contributed by atoms with E-state index in [9.17, 15) is 8.78 Å². The molecule has 0 N–H and O–H groups in total. The first kappa shape index (κ1) is 12.6. The molecule has 0 saturated carbocycles. The number of nitriles is 1. The van der Waals surface area contributed by atoms with Gasteiger partial charge in [-0.1, -0.05) is 13.0 Å². The van der Waals surface area contributed by atoms with E-state index in [4.69, 9.17) is 5.26 Å². The molecule has 16 heavy (non-hydrogen) atoms. The number of halogens is 2. The van der Waals surface area contributed by atoms with Gasteiger partial charge in [0.15, 0.2) is 0 Å². The Labute approximate surface area is 94.1 Å². The Kier molecular flexibility index (Phi) is 4.87. The van der Waals surface area contributed by atoms with Crippen LogP contribution in [0.2, 0.25) is 0 Å². The van der Waals surface area contributed by atoms with Crippen LogP contribution in [0.1, 0.15) is 18.9 Å². The minimum atomic E-state index is -0.568. The molecule has 0 aliphatic rings. The van der Waals surface area contributed by atoms with Gasteiger partial charge in [-0.15, -0.1) is 0 Å². The van der Waals surface area contributed by atoms with E-state index in [0.29, 0.717) is 25.1 Å². The maximum atomic E-state index is 13.3. The molecular weight excluding hydrogens is 210 g/mol. The Morgan fingerprint density at radius 3 is 2.69 bits per heavy atom. The molecule has 0 radical (unpaired) electrons. The summed E-state index contributed by atoms with van der Waals surface area (Å²) < 4.78 is 26.0. The Balaban J connectivity index is 2.67. The van der Waals surface area contributed by atoms with Crippen LogP contribution >= 0.6 is 0 Å². The summed E-state index contributed by atoms with van der Waals surface area (Å²) in [6, 6.07) is 5.62. The molecule has 86 valence electrons. The van der Waals surface area contributed by atoms with Crippen LogP contribution in [0.5, 0.6) is 0 Å². The third-order valence-corrected chi connectivity index (χ3v) is 2.40. The lowest BCUT2D eigenvalue weighted by Crippen LogP contribution is -2.24. The minimum absolute atomic E-state index is 0.407. The molecule has 0 aromatic heterocycles. The van der Waals surface area contributed by atoms with E-state index in [0.717, 1.165) is 12.6 Å². The standard InChI is InChI=1S/C12H14F2N2/c1-2-16(7-3-6-15)9-10-4-5-11(13)8-12(10)14/h4-5,8H,2-3,7,9H2,1H3. The van der Waals surface area contributed by atoms with Gasteiger partial charge < -0.3 is 0 Å². The van der Waals surface area contributed by atoms with Crippen LogP contribution in [0.3, 0.4) is 0 Å². The topological polar surface area (TPSA) is 27.0 Å². The van der Waals surface area contributed by atoms with Crippen LogP contribution in [0.25, 0.3) is 0 Å². The van der Waals surface area contributed by atoms with Gasteiger partial charge in [0.1, 0.15) is 11.6 Å². The van der Waals surface area contributed by atoms with Crippen molar-refractivity contribution in [3.63, 3.8) is 0 Å². The SMILES string of the molecule is CCN(CCC#N)Cc1ccc(F)cc1F. The van der Waals surface area contributed by atoms with Gasteiger partial charge in [-0.2, -0.15) is 5.26 Å². The Hall–Kier alpha value is -1.47. The molecule has 4 heteroatoms. The van der Waals surface area contributed by atoms with E-state index >= 15 is 0 Å². The third kappa shape index (κ3) is 3.59. The van der Waals surface area contributed by atoms with Gasteiger partial charge in [-0.05, 0) is 12.6 Å². The first-order chi connectivity index (χ1) is 7.67. The second-order valence-electron chi connectivity index (χ2n) is 3.51. The normalized spacial score (nSPS) is 10.4. The lowest BCUT2D eigenvalue weighted by Gasteiger charge is -2.19. The Bertz CT molecular complexity index is 385. The zero-order chi connectivity index (χ0) is 12.0. The second kappa shape index (κ2) is 6.19. The fraction of sp³-hybridized carbons (Fsp3) is 0.417. The number of nitrogens with zero attached hydrogens (tertiary/aromatic N) is 2. The van der Waals surface area contributed by atoms with Crippen LogP contribution in [0.15, 0.2) is 18.2 Å². The van der Waals surface area contributed by atoms with Crippen molar-refractivity contribution in [1.82, 2.24) is 4.90 Å². The first-order valence-electron chi connectivity index (χ1n) is 5.20. The van der Waals surface area contributed by atoms with E-state index in [1.807, 2.05) is 17.9 Å². The molecule has 0 aliphatic carbocycles. The molecule has 0 amide bonds. The summed E-state index contributed by atoms with van der Waals surface area (Å²) in [5.74, 6) is -1.10. The molecule has 2 nitrogen and oxygen atoms in total. The molecule has 0 saturated heterocycles. The monoisotopic (exact) mass is 224 g/mol. The summed E-state index contributed by atoms with van der Waals surface area (Å²) in [6.07, 6.45) is 0.413. The maximum Gasteiger partial charge on any atom is 0.130 e. The predicted molar refractivity (Wildman–Crippen MR) is 57.5 cm³/mol. The summed E-state index contributed by atoms with van der Waals surface area (Å²) >= 11 is 0. The lowest BCUT2D eigenvalue weighted by atomic mass is 10.2. The van der Waals surface area contributed by atoms with Crippen molar-refractivity contribution in [3.8, 4) is 6.07 Å². The van der Waals surface area contributed by atoms with Crippen LogP contribution in [-0.2, 0) is 6.54 Å². The summed E-state index contributed by atoms with van der Waals surface area (Å²) in [6.45, 7) is 3.69. The van der Waals surface area contributed by atoms with Crippen LogP contribution in [0, 0.1) is 23.0 Å². The Morgan fingerprint density at radius 2 is 2.12 bits per heavy atom. The van der Waals surface area contributed by atoms with E-state index in [2.05, 4.69) is 0 Å². The zero-order valence-electron chi connectivity index (χ0n) is 9.21. The van der Waals surface area contributed by atoms with Gasteiger partial charge in [-0.3, -0.25) is 4.90 Å². The van der Waals surface area contributed by atoms with Crippen LogP contribution in [0.4, 0.5) is 8.78 Å². The number of benzene rings is 1. The molecule has 0 fully saturated rings. The van der Waals surface area contributed by atoms with E-state index in [-0.39, 0.29) is 0 Å². The smallest absolute Gasteiger partial charge is 0.130 e. The zero-order valence-corrected chi connectivity index (χ0v) is 9.21. The van der Waals surface area contributed by atoms with Crippen molar-refractivity contribution in [2.24, 2.45) is 0 Å². The van der Waals surface area contributed by atoms with E-state index < -0.39 is 11.6 Å². The first-order valence-corrected chi connectivity index (χ1v) is 5.20. The minimum Gasteiger partial charge on any atom is -0.298 e. The number of rotatable bonds is 5. The van der Waals surface area contributed by atoms with Crippen molar-refractivity contribution >= 4 is 0 Å². The molecule has 1 aromatic rings. The van der Waals surface area contributed by atoms with Gasteiger partial charge in [0.2, 0.25) is 0 Å². The summed E-state index contributed by atoms with van der Waals surface area (Å²) in [5.41, 5.74) is 0.459. The number of hydrogen-bond acceptors (Lipinski definition) is 2. The highest BCUT2D eigenvalue weighted by Gasteiger charge is 2.08. The fourth-order valence-corrected chi connectivity index (χ4v) is 1.45. The van der Waals surface area contributed by atoms with Gasteiger partial charge in [0.25, 0.3) is 0 Å². The van der Waals surface area contributed by atoms with Crippen LogP contribution < -0.4 is 0 Å². The quantitative estimate of drug-likeness (QED) is 0.768. The highest BCUT2D eigenvalue weighted by atomic mass is 19.1. The van der Waals surface area contributed by atoms with Crippen molar-refractivity contribution in [2.45, 2.75) is 19.9 Å². The predicted octanol–water partition coefficient (Wildman–Crippen LogP) is 2.70. The van der Waals surface area contributed by atoms with Gasteiger partial charge in [0, 0.05) is 31.1 Å². The molecule has 0 unspecified atom stereocenters. The average Bonchev–Trinajstić information content (AvgIpc) is 2.27. The lowest BCUT2D eigenvalue weighted by molar-refractivity contribution is 0.282. The van der Waals surface area contributed by atoms with Gasteiger partial charge in [0.05, 0.1) is 6.07 Å². The van der Waals surface area contributed by atoms with Crippen molar-refractivity contribution < 1.29 is 8.78 Å². The molecular formula is C12H14F2N2. The largest absolute Gasteiger partial charge is 0.298 e. The molecule has 0 atom stereocenters. The molecule has 0 aliphatic heterocycles. The Morgan fingerprint density at radius 1 is 1.38 bits per heavy atom.